The average molecular weight is 335 g/mol. The molecule has 2 N–H and O–H groups in total. The van der Waals surface area contributed by atoms with Crippen molar-refractivity contribution in [2.24, 2.45) is 0 Å². The number of thioether (sulfide) groups is 1. The van der Waals surface area contributed by atoms with Crippen molar-refractivity contribution in [3.63, 3.8) is 0 Å². The number of benzene rings is 1. The lowest BCUT2D eigenvalue weighted by atomic mass is 10.0. The van der Waals surface area contributed by atoms with Crippen molar-refractivity contribution in [2.75, 3.05) is 12.8 Å². The summed E-state index contributed by atoms with van der Waals surface area (Å²) in [6.45, 7) is 2.93. The summed E-state index contributed by atoms with van der Waals surface area (Å²) in [4.78, 5) is 1.09. The Labute approximate surface area is 129 Å². The molecule has 1 aliphatic heterocycles. The molecule has 20 heavy (non-hydrogen) atoms. The number of hydrogen-bond donors (Lipinski definition) is 2. The summed E-state index contributed by atoms with van der Waals surface area (Å²) in [6, 6.07) is 4.91. The molecule has 0 radical (unpaired) electrons. The lowest BCUT2D eigenvalue weighted by Crippen LogP contribution is -2.51. The Bertz CT molecular complexity index is 578. The normalized spacial score (nSPS) is 23.8. The first-order valence-electron chi connectivity index (χ1n) is 6.53. The smallest absolute Gasteiger partial charge is 0.240 e. The van der Waals surface area contributed by atoms with E-state index in [4.69, 9.17) is 11.6 Å². The Morgan fingerprint density at radius 1 is 1.45 bits per heavy atom. The molecule has 0 amide bonds. The fourth-order valence-electron chi connectivity index (χ4n) is 2.29. The third kappa shape index (κ3) is 3.68. The summed E-state index contributed by atoms with van der Waals surface area (Å²) in [5.74, 6) is 0. The highest BCUT2D eigenvalue weighted by molar-refractivity contribution is 7.98. The fourth-order valence-corrected chi connectivity index (χ4v) is 4.60. The predicted molar refractivity (Wildman–Crippen MR) is 84.0 cm³/mol. The van der Waals surface area contributed by atoms with Gasteiger partial charge in [0.1, 0.15) is 0 Å². The van der Waals surface area contributed by atoms with Crippen LogP contribution in [0.5, 0.6) is 0 Å². The number of piperidine rings is 1. The van der Waals surface area contributed by atoms with Gasteiger partial charge in [0.05, 0.1) is 9.92 Å². The van der Waals surface area contributed by atoms with E-state index in [0.29, 0.717) is 5.02 Å². The highest BCUT2D eigenvalue weighted by Crippen LogP contribution is 2.28. The first-order valence-corrected chi connectivity index (χ1v) is 9.62. The van der Waals surface area contributed by atoms with Gasteiger partial charge in [-0.3, -0.25) is 0 Å². The van der Waals surface area contributed by atoms with Crippen molar-refractivity contribution in [1.29, 1.82) is 0 Å². The molecular weight excluding hydrogens is 316 g/mol. The number of nitrogens with one attached hydrogen (secondary N) is 2. The van der Waals surface area contributed by atoms with E-state index in [1.807, 2.05) is 13.2 Å². The summed E-state index contributed by atoms with van der Waals surface area (Å²) in [5, 5.41) is 3.75. The van der Waals surface area contributed by atoms with Crippen LogP contribution in [-0.2, 0) is 10.0 Å². The lowest BCUT2D eigenvalue weighted by molar-refractivity contribution is 0.349. The molecule has 1 aliphatic rings. The van der Waals surface area contributed by atoms with Crippen LogP contribution in [0.1, 0.15) is 19.8 Å². The minimum atomic E-state index is -3.52. The zero-order valence-electron chi connectivity index (χ0n) is 11.5. The summed E-state index contributed by atoms with van der Waals surface area (Å²) in [7, 11) is -3.52. The maximum Gasteiger partial charge on any atom is 0.240 e. The Morgan fingerprint density at radius 3 is 2.80 bits per heavy atom. The molecule has 0 aliphatic carbocycles. The number of sulfonamides is 1. The summed E-state index contributed by atoms with van der Waals surface area (Å²) < 4.78 is 27.6. The molecule has 1 saturated heterocycles. The second-order valence-corrected chi connectivity index (χ2v) is 7.88. The van der Waals surface area contributed by atoms with Crippen molar-refractivity contribution >= 4 is 33.4 Å². The van der Waals surface area contributed by atoms with Crippen LogP contribution in [0, 0.1) is 0 Å². The van der Waals surface area contributed by atoms with E-state index in [0.717, 1.165) is 24.3 Å². The lowest BCUT2D eigenvalue weighted by Gasteiger charge is -2.30. The zero-order valence-corrected chi connectivity index (χ0v) is 13.9. The predicted octanol–water partition coefficient (Wildman–Crippen LogP) is 2.48. The van der Waals surface area contributed by atoms with E-state index >= 15 is 0 Å². The number of halogens is 1. The molecule has 0 aromatic heterocycles. The number of rotatable bonds is 4. The molecule has 1 aromatic carbocycles. The Hall–Kier alpha value is -0.270. The maximum absolute atomic E-state index is 12.4. The third-order valence-corrected chi connectivity index (χ3v) is 6.21. The van der Waals surface area contributed by atoms with E-state index in [9.17, 15) is 8.42 Å². The molecule has 2 atom stereocenters. The highest BCUT2D eigenvalue weighted by atomic mass is 35.5. The third-order valence-electron chi connectivity index (χ3n) is 3.50. The minimum Gasteiger partial charge on any atom is -0.313 e. The van der Waals surface area contributed by atoms with Crippen molar-refractivity contribution in [1.82, 2.24) is 10.0 Å². The molecular formula is C13H19ClN2O2S2. The molecule has 2 rings (SSSR count). The monoisotopic (exact) mass is 334 g/mol. The Kier molecular flexibility index (Phi) is 5.36. The van der Waals surface area contributed by atoms with Gasteiger partial charge in [-0.15, -0.1) is 11.8 Å². The Morgan fingerprint density at radius 2 is 2.20 bits per heavy atom. The van der Waals surface area contributed by atoms with Crippen LogP contribution >= 0.6 is 23.4 Å². The van der Waals surface area contributed by atoms with Crippen LogP contribution < -0.4 is 10.0 Å². The van der Waals surface area contributed by atoms with Gasteiger partial charge in [-0.25, -0.2) is 13.1 Å². The first-order chi connectivity index (χ1) is 9.44. The van der Waals surface area contributed by atoms with E-state index in [1.165, 1.54) is 17.8 Å². The molecule has 0 spiro atoms. The van der Waals surface area contributed by atoms with Crippen molar-refractivity contribution in [2.45, 2.75) is 41.6 Å². The van der Waals surface area contributed by atoms with Crippen molar-refractivity contribution in [3.05, 3.63) is 23.2 Å². The molecule has 7 heteroatoms. The quantitative estimate of drug-likeness (QED) is 0.831. The van der Waals surface area contributed by atoms with Crippen LogP contribution in [0.25, 0.3) is 0 Å². The standard InChI is InChI=1S/C13H19ClN2O2S2/c1-9-12(4-3-7-15-9)16-20(17,18)10-5-6-13(19-2)11(14)8-10/h5-6,8-9,12,15-16H,3-4,7H2,1-2H3. The molecule has 2 unspecified atom stereocenters. The van der Waals surface area contributed by atoms with Gasteiger partial charge in [-0.2, -0.15) is 0 Å². The van der Waals surface area contributed by atoms with Crippen LogP contribution in [0.4, 0.5) is 0 Å². The summed E-state index contributed by atoms with van der Waals surface area (Å²) in [6.07, 6.45) is 3.73. The first kappa shape index (κ1) is 16.1. The molecule has 0 bridgehead atoms. The molecule has 0 saturated carbocycles. The van der Waals surface area contributed by atoms with Crippen LogP contribution in [0.2, 0.25) is 5.02 Å². The molecule has 1 aromatic rings. The van der Waals surface area contributed by atoms with Crippen LogP contribution in [0.15, 0.2) is 28.0 Å². The van der Waals surface area contributed by atoms with Gasteiger partial charge in [0.2, 0.25) is 10.0 Å². The molecule has 1 heterocycles. The van der Waals surface area contributed by atoms with E-state index in [-0.39, 0.29) is 17.0 Å². The van der Waals surface area contributed by atoms with Gasteiger partial charge in [-0.05, 0) is 50.8 Å². The summed E-state index contributed by atoms with van der Waals surface area (Å²) in [5.41, 5.74) is 0. The van der Waals surface area contributed by atoms with Gasteiger partial charge >= 0.3 is 0 Å². The minimum absolute atomic E-state index is 0.0762. The second kappa shape index (κ2) is 6.66. The Balaban J connectivity index is 2.19. The zero-order chi connectivity index (χ0) is 14.8. The van der Waals surface area contributed by atoms with Gasteiger partial charge < -0.3 is 5.32 Å². The van der Waals surface area contributed by atoms with Crippen molar-refractivity contribution in [3.8, 4) is 0 Å². The average Bonchev–Trinajstić information content (AvgIpc) is 2.41. The van der Waals surface area contributed by atoms with E-state index < -0.39 is 10.0 Å². The molecule has 1 fully saturated rings. The van der Waals surface area contributed by atoms with Gasteiger partial charge in [0.25, 0.3) is 0 Å². The summed E-state index contributed by atoms with van der Waals surface area (Å²) >= 11 is 7.58. The topological polar surface area (TPSA) is 58.2 Å². The largest absolute Gasteiger partial charge is 0.313 e. The highest BCUT2D eigenvalue weighted by Gasteiger charge is 2.26. The van der Waals surface area contributed by atoms with Crippen molar-refractivity contribution < 1.29 is 8.42 Å². The van der Waals surface area contributed by atoms with E-state index in [2.05, 4.69) is 10.0 Å². The SMILES string of the molecule is CSc1ccc(S(=O)(=O)NC2CCCNC2C)cc1Cl. The van der Waals surface area contributed by atoms with Gasteiger partial charge in [-0.1, -0.05) is 11.6 Å². The van der Waals surface area contributed by atoms with Crippen LogP contribution in [-0.4, -0.2) is 33.3 Å². The van der Waals surface area contributed by atoms with Gasteiger partial charge in [0, 0.05) is 17.0 Å². The van der Waals surface area contributed by atoms with Gasteiger partial charge in [0.15, 0.2) is 0 Å². The van der Waals surface area contributed by atoms with Crippen LogP contribution in [0.3, 0.4) is 0 Å². The number of hydrogen-bond acceptors (Lipinski definition) is 4. The fraction of sp³-hybridized carbons (Fsp3) is 0.538. The van der Waals surface area contributed by atoms with E-state index in [1.54, 1.807) is 12.1 Å². The molecule has 4 nitrogen and oxygen atoms in total. The maximum atomic E-state index is 12.4. The second-order valence-electron chi connectivity index (χ2n) is 4.91. The molecule has 112 valence electrons.